The summed E-state index contributed by atoms with van der Waals surface area (Å²) in [6, 6.07) is 16.1. The third-order valence-electron chi connectivity index (χ3n) is 3.20. The summed E-state index contributed by atoms with van der Waals surface area (Å²) in [6.07, 6.45) is 1.44. The number of hydrogen-bond donors (Lipinski definition) is 3. The largest absolute Gasteiger partial charge is 0.478 e. The number of nitrogens with zero attached hydrogens (tertiary/aromatic N) is 2. The second kappa shape index (κ2) is 7.01. The van der Waals surface area contributed by atoms with Gasteiger partial charge in [0.15, 0.2) is 5.82 Å². The van der Waals surface area contributed by atoms with Gasteiger partial charge in [-0.3, -0.25) is 0 Å². The summed E-state index contributed by atoms with van der Waals surface area (Å²) >= 11 is 1.45. The molecule has 0 saturated carbocycles. The van der Waals surface area contributed by atoms with Crippen molar-refractivity contribution in [2.24, 2.45) is 0 Å². The molecule has 0 fully saturated rings. The molecule has 3 rings (SSSR count). The van der Waals surface area contributed by atoms with Gasteiger partial charge in [-0.2, -0.15) is 0 Å². The molecule has 0 radical (unpaired) electrons. The van der Waals surface area contributed by atoms with E-state index in [4.69, 9.17) is 10.8 Å². The highest BCUT2D eigenvalue weighted by molar-refractivity contribution is 7.99. The van der Waals surface area contributed by atoms with Crippen LogP contribution in [-0.4, -0.2) is 21.0 Å². The number of aromatic nitrogens is 2. The molecule has 1 aromatic heterocycles. The molecule has 0 saturated heterocycles. The summed E-state index contributed by atoms with van der Waals surface area (Å²) in [7, 11) is 0. The number of anilines is 3. The van der Waals surface area contributed by atoms with Crippen molar-refractivity contribution in [2.75, 3.05) is 11.1 Å². The first kappa shape index (κ1) is 15.8. The van der Waals surface area contributed by atoms with Crippen molar-refractivity contribution >= 4 is 34.9 Å². The van der Waals surface area contributed by atoms with E-state index in [1.165, 1.54) is 30.2 Å². The van der Waals surface area contributed by atoms with Gasteiger partial charge in [-0.25, -0.2) is 14.8 Å². The molecule has 0 unspecified atom stereocenters. The molecule has 0 spiro atoms. The number of hydrogen-bond acceptors (Lipinski definition) is 6. The zero-order valence-electron chi connectivity index (χ0n) is 12.5. The molecule has 4 N–H and O–H groups in total. The Morgan fingerprint density at radius 1 is 1.04 bits per heavy atom. The number of nitrogens with two attached hydrogens (primary N) is 1. The number of rotatable bonds is 5. The molecular weight excluding hydrogens is 324 g/mol. The highest BCUT2D eigenvalue weighted by atomic mass is 32.2. The Balaban J connectivity index is 1.81. The molecule has 7 heteroatoms. The zero-order valence-corrected chi connectivity index (χ0v) is 13.3. The smallest absolute Gasteiger partial charge is 0.335 e. The van der Waals surface area contributed by atoms with Gasteiger partial charge in [0.1, 0.15) is 17.0 Å². The van der Waals surface area contributed by atoms with Crippen LogP contribution in [0.1, 0.15) is 10.4 Å². The summed E-state index contributed by atoms with van der Waals surface area (Å²) in [6.45, 7) is 0. The van der Waals surface area contributed by atoms with Crippen LogP contribution < -0.4 is 11.1 Å². The Bertz CT molecular complexity index is 854. The van der Waals surface area contributed by atoms with Crippen LogP contribution in [-0.2, 0) is 0 Å². The minimum absolute atomic E-state index is 0.219. The van der Waals surface area contributed by atoms with Crippen molar-refractivity contribution in [3.05, 3.63) is 66.5 Å². The Kier molecular flexibility index (Phi) is 4.62. The second-order valence-electron chi connectivity index (χ2n) is 4.86. The normalized spacial score (nSPS) is 10.3. The fourth-order valence-electron chi connectivity index (χ4n) is 1.99. The average Bonchev–Trinajstić information content (AvgIpc) is 2.60. The molecule has 2 aromatic carbocycles. The van der Waals surface area contributed by atoms with E-state index in [1.54, 1.807) is 12.1 Å². The number of carboxylic acid groups (broad SMARTS) is 1. The van der Waals surface area contributed by atoms with Crippen molar-refractivity contribution in [1.29, 1.82) is 0 Å². The van der Waals surface area contributed by atoms with E-state index in [0.29, 0.717) is 22.2 Å². The molecule has 0 atom stereocenters. The standard InChI is InChI=1S/C17H14N4O2S/c18-14-15(21-12-8-6-11(7-9-12)17(22)23)19-10-20-16(14)24-13-4-2-1-3-5-13/h1-10H,18H2,(H,22,23)(H,19,20,21). The SMILES string of the molecule is Nc1c(Nc2ccc(C(=O)O)cc2)ncnc1Sc1ccccc1. The van der Waals surface area contributed by atoms with E-state index >= 15 is 0 Å². The van der Waals surface area contributed by atoms with Gasteiger partial charge >= 0.3 is 5.97 Å². The average molecular weight is 338 g/mol. The van der Waals surface area contributed by atoms with Crippen LogP contribution in [0.3, 0.4) is 0 Å². The van der Waals surface area contributed by atoms with Crippen LogP contribution in [0, 0.1) is 0 Å². The second-order valence-corrected chi connectivity index (χ2v) is 5.93. The number of nitrogen functional groups attached to an aromatic ring is 1. The van der Waals surface area contributed by atoms with Crippen molar-refractivity contribution in [3.63, 3.8) is 0 Å². The lowest BCUT2D eigenvalue weighted by Gasteiger charge is -2.11. The Hall–Kier alpha value is -3.06. The van der Waals surface area contributed by atoms with E-state index < -0.39 is 5.97 Å². The molecule has 6 nitrogen and oxygen atoms in total. The van der Waals surface area contributed by atoms with Gasteiger partial charge in [0.2, 0.25) is 0 Å². The maximum atomic E-state index is 10.9. The van der Waals surface area contributed by atoms with Crippen molar-refractivity contribution in [3.8, 4) is 0 Å². The van der Waals surface area contributed by atoms with Gasteiger partial charge in [0.05, 0.1) is 5.56 Å². The Morgan fingerprint density at radius 3 is 2.42 bits per heavy atom. The molecule has 24 heavy (non-hydrogen) atoms. The van der Waals surface area contributed by atoms with E-state index in [1.807, 2.05) is 30.3 Å². The number of benzene rings is 2. The summed E-state index contributed by atoms with van der Waals surface area (Å²) in [5, 5.41) is 12.7. The van der Waals surface area contributed by atoms with Gasteiger partial charge in [0.25, 0.3) is 0 Å². The molecular formula is C17H14N4O2S. The first-order valence-corrected chi connectivity index (χ1v) is 7.89. The predicted octanol–water partition coefficient (Wildman–Crippen LogP) is 3.65. The number of carboxylic acids is 1. The minimum Gasteiger partial charge on any atom is -0.478 e. The number of nitrogens with one attached hydrogen (secondary N) is 1. The summed E-state index contributed by atoms with van der Waals surface area (Å²) in [5.74, 6) is -0.490. The lowest BCUT2D eigenvalue weighted by molar-refractivity contribution is 0.0697. The topological polar surface area (TPSA) is 101 Å². The van der Waals surface area contributed by atoms with Gasteiger partial charge in [0, 0.05) is 10.6 Å². The maximum Gasteiger partial charge on any atom is 0.335 e. The molecule has 0 bridgehead atoms. The summed E-state index contributed by atoms with van der Waals surface area (Å²) < 4.78 is 0. The van der Waals surface area contributed by atoms with E-state index in [2.05, 4.69) is 15.3 Å². The van der Waals surface area contributed by atoms with E-state index in [-0.39, 0.29) is 5.56 Å². The maximum absolute atomic E-state index is 10.9. The highest BCUT2D eigenvalue weighted by Crippen LogP contribution is 2.33. The Morgan fingerprint density at radius 2 is 1.75 bits per heavy atom. The first-order chi connectivity index (χ1) is 11.6. The van der Waals surface area contributed by atoms with Crippen LogP contribution in [0.2, 0.25) is 0 Å². The molecule has 3 aromatic rings. The van der Waals surface area contributed by atoms with E-state index in [9.17, 15) is 4.79 Å². The molecule has 120 valence electrons. The van der Waals surface area contributed by atoms with Crippen molar-refractivity contribution < 1.29 is 9.90 Å². The fourth-order valence-corrected chi connectivity index (χ4v) is 2.82. The van der Waals surface area contributed by atoms with Gasteiger partial charge < -0.3 is 16.2 Å². The summed E-state index contributed by atoms with van der Waals surface area (Å²) in [5.41, 5.74) is 7.51. The molecule has 0 aliphatic rings. The summed E-state index contributed by atoms with van der Waals surface area (Å²) in [4.78, 5) is 20.3. The van der Waals surface area contributed by atoms with Crippen LogP contribution in [0.15, 0.2) is 70.8 Å². The number of carbonyl (C=O) groups is 1. The molecule has 0 aliphatic heterocycles. The van der Waals surface area contributed by atoms with Gasteiger partial charge in [-0.1, -0.05) is 30.0 Å². The zero-order chi connectivity index (χ0) is 16.9. The lowest BCUT2D eigenvalue weighted by Crippen LogP contribution is -2.03. The monoisotopic (exact) mass is 338 g/mol. The molecule has 0 amide bonds. The van der Waals surface area contributed by atoms with Crippen LogP contribution >= 0.6 is 11.8 Å². The molecule has 0 aliphatic carbocycles. The van der Waals surface area contributed by atoms with E-state index in [0.717, 1.165) is 4.90 Å². The van der Waals surface area contributed by atoms with Crippen molar-refractivity contribution in [2.45, 2.75) is 9.92 Å². The van der Waals surface area contributed by atoms with Gasteiger partial charge in [-0.15, -0.1) is 0 Å². The quantitative estimate of drug-likeness (QED) is 0.610. The first-order valence-electron chi connectivity index (χ1n) is 7.07. The Labute approximate surface area is 142 Å². The highest BCUT2D eigenvalue weighted by Gasteiger charge is 2.10. The third-order valence-corrected chi connectivity index (χ3v) is 4.23. The number of aromatic carboxylic acids is 1. The third kappa shape index (κ3) is 3.64. The van der Waals surface area contributed by atoms with Crippen LogP contribution in [0.4, 0.5) is 17.2 Å². The lowest BCUT2D eigenvalue weighted by atomic mass is 10.2. The minimum atomic E-state index is -0.968. The van der Waals surface area contributed by atoms with Crippen LogP contribution in [0.5, 0.6) is 0 Å². The van der Waals surface area contributed by atoms with Crippen molar-refractivity contribution in [1.82, 2.24) is 9.97 Å². The van der Waals surface area contributed by atoms with Crippen LogP contribution in [0.25, 0.3) is 0 Å². The predicted molar refractivity (Wildman–Crippen MR) is 93.7 cm³/mol. The van der Waals surface area contributed by atoms with Gasteiger partial charge in [-0.05, 0) is 36.4 Å². The fraction of sp³-hybridized carbons (Fsp3) is 0. The molecule has 1 heterocycles.